The van der Waals surface area contributed by atoms with Crippen molar-refractivity contribution in [1.82, 2.24) is 5.01 Å². The van der Waals surface area contributed by atoms with Crippen LogP contribution >= 0.6 is 0 Å². The van der Waals surface area contributed by atoms with Crippen molar-refractivity contribution in [3.63, 3.8) is 0 Å². The van der Waals surface area contributed by atoms with Crippen molar-refractivity contribution in [3.05, 3.63) is 83.9 Å². The molecule has 1 saturated carbocycles. The molecule has 3 aromatic carbocycles. The molecule has 2 amide bonds. The van der Waals surface area contributed by atoms with E-state index >= 15 is 0 Å². The van der Waals surface area contributed by atoms with Gasteiger partial charge >= 0.3 is 0 Å². The highest BCUT2D eigenvalue weighted by molar-refractivity contribution is 6.06. The normalized spacial score (nSPS) is 24.7. The van der Waals surface area contributed by atoms with Crippen LogP contribution in [-0.4, -0.2) is 29.6 Å². The molecule has 6 heteroatoms. The quantitative estimate of drug-likeness (QED) is 0.280. The summed E-state index contributed by atoms with van der Waals surface area (Å²) in [5, 5.41) is 7.67. The number of hydrogen-bond acceptors (Lipinski definition) is 5. The second kappa shape index (κ2) is 8.69. The zero-order chi connectivity index (χ0) is 23.9. The van der Waals surface area contributed by atoms with Gasteiger partial charge in [-0.3, -0.25) is 9.59 Å². The molecule has 3 aromatic rings. The van der Waals surface area contributed by atoms with Crippen LogP contribution in [-0.2, 0) is 16.2 Å². The molecule has 2 fully saturated rings. The monoisotopic (exact) mass is 466 g/mol. The number of fused-ring (bicyclic) bond motifs is 6. The fraction of sp³-hybridized carbons (Fsp3) is 0.276. The van der Waals surface area contributed by atoms with Gasteiger partial charge in [-0.1, -0.05) is 54.6 Å². The lowest BCUT2D eigenvalue weighted by molar-refractivity contribution is -0.140. The lowest BCUT2D eigenvalue weighted by Crippen LogP contribution is -2.28. The van der Waals surface area contributed by atoms with Crippen LogP contribution in [0.1, 0.15) is 24.5 Å². The molecular weight excluding hydrogens is 440 g/mol. The van der Waals surface area contributed by atoms with Crippen LogP contribution in [0.15, 0.2) is 77.9 Å². The second-order valence-electron chi connectivity index (χ2n) is 9.30. The summed E-state index contributed by atoms with van der Waals surface area (Å²) in [6.07, 6.45) is 6.61. The molecule has 0 unspecified atom stereocenters. The van der Waals surface area contributed by atoms with Crippen molar-refractivity contribution in [2.75, 3.05) is 6.61 Å². The number of hydrogen-bond donors (Lipinski definition) is 0. The highest BCUT2D eigenvalue weighted by atomic mass is 16.5. The molecular formula is C29H26N2O4. The van der Waals surface area contributed by atoms with Crippen molar-refractivity contribution in [3.8, 4) is 11.5 Å². The van der Waals surface area contributed by atoms with Gasteiger partial charge in [-0.25, -0.2) is 0 Å². The number of nitrogens with zero attached hydrogens (tertiary/aromatic N) is 2. The SMILES string of the molecule is CCOc1cc(/C=N\N2C(=O)[C@H]3[C@H](C2=O)[C@H]2C=C[C@H]3C2)ccc1OCc1cccc2ccccc12. The third-order valence-corrected chi connectivity index (χ3v) is 7.30. The zero-order valence-corrected chi connectivity index (χ0v) is 19.5. The molecule has 0 radical (unpaired) electrons. The fourth-order valence-electron chi connectivity index (χ4n) is 5.69. The number of amides is 2. The molecule has 2 bridgehead atoms. The van der Waals surface area contributed by atoms with E-state index in [0.29, 0.717) is 24.7 Å². The summed E-state index contributed by atoms with van der Waals surface area (Å²) in [6.45, 7) is 2.80. The lowest BCUT2D eigenvalue weighted by Gasteiger charge is -2.14. The largest absolute Gasteiger partial charge is 0.490 e. The Morgan fingerprint density at radius 3 is 2.43 bits per heavy atom. The smallest absolute Gasteiger partial charge is 0.254 e. The predicted molar refractivity (Wildman–Crippen MR) is 133 cm³/mol. The predicted octanol–water partition coefficient (Wildman–Crippen LogP) is 4.96. The summed E-state index contributed by atoms with van der Waals surface area (Å²) in [5.41, 5.74) is 1.82. The second-order valence-corrected chi connectivity index (χ2v) is 9.30. The summed E-state index contributed by atoms with van der Waals surface area (Å²) in [4.78, 5) is 25.7. The van der Waals surface area contributed by atoms with Crippen molar-refractivity contribution in [2.24, 2.45) is 28.8 Å². The lowest BCUT2D eigenvalue weighted by atomic mass is 9.85. The zero-order valence-electron chi connectivity index (χ0n) is 19.5. The molecule has 0 aromatic heterocycles. The molecule has 0 spiro atoms. The molecule has 6 rings (SSSR count). The summed E-state index contributed by atoms with van der Waals surface area (Å²) in [5.74, 6) is 0.685. The highest BCUT2D eigenvalue weighted by Crippen LogP contribution is 2.52. The number of carbonyl (C=O) groups excluding carboxylic acids is 2. The molecule has 6 nitrogen and oxygen atoms in total. The Balaban J connectivity index is 1.20. The number of hydrazone groups is 1. The first-order chi connectivity index (χ1) is 17.1. The van der Waals surface area contributed by atoms with Gasteiger partial charge < -0.3 is 9.47 Å². The standard InChI is InChI=1S/C29H26N2O4/c1-2-34-25-14-18(16-30-31-28(32)26-20-11-12-21(15-20)27(26)29(31)33)10-13-24(25)35-17-22-8-5-7-19-6-3-4-9-23(19)22/h3-14,16,20-21,26-27H,2,15,17H2,1H3/b30-16-/t20-,21-,26+,27+/m0/s1. The molecule has 35 heavy (non-hydrogen) atoms. The number of allylic oxidation sites excluding steroid dienone is 2. The van der Waals surface area contributed by atoms with E-state index in [4.69, 9.17) is 9.47 Å². The van der Waals surface area contributed by atoms with Crippen LogP contribution in [0.5, 0.6) is 11.5 Å². The molecule has 0 N–H and O–H groups in total. The minimum Gasteiger partial charge on any atom is -0.490 e. The van der Waals surface area contributed by atoms with E-state index in [1.165, 1.54) is 5.39 Å². The van der Waals surface area contributed by atoms with Crippen LogP contribution in [0, 0.1) is 23.7 Å². The number of benzene rings is 3. The maximum Gasteiger partial charge on any atom is 0.254 e. The average Bonchev–Trinajstić information content (AvgIpc) is 3.56. The summed E-state index contributed by atoms with van der Waals surface area (Å²) in [7, 11) is 0. The fourth-order valence-corrected chi connectivity index (χ4v) is 5.69. The molecule has 2 aliphatic carbocycles. The summed E-state index contributed by atoms with van der Waals surface area (Å²) in [6, 6.07) is 19.9. The summed E-state index contributed by atoms with van der Waals surface area (Å²) >= 11 is 0. The first-order valence-electron chi connectivity index (χ1n) is 12.1. The molecule has 176 valence electrons. The van der Waals surface area contributed by atoms with Gasteiger partial charge in [0, 0.05) is 0 Å². The van der Waals surface area contributed by atoms with E-state index in [2.05, 4.69) is 41.5 Å². The van der Waals surface area contributed by atoms with E-state index in [9.17, 15) is 9.59 Å². The van der Waals surface area contributed by atoms with Gasteiger partial charge in [0.2, 0.25) is 0 Å². The molecule has 1 aliphatic heterocycles. The van der Waals surface area contributed by atoms with Gasteiger partial charge in [-0.15, -0.1) is 0 Å². The van der Waals surface area contributed by atoms with Gasteiger partial charge in [0.15, 0.2) is 11.5 Å². The average molecular weight is 467 g/mol. The number of carbonyl (C=O) groups is 2. The Bertz CT molecular complexity index is 1340. The third-order valence-electron chi connectivity index (χ3n) is 7.30. The van der Waals surface area contributed by atoms with Crippen LogP contribution in [0.3, 0.4) is 0 Å². The first-order valence-corrected chi connectivity index (χ1v) is 12.1. The van der Waals surface area contributed by atoms with Crippen molar-refractivity contribution in [1.29, 1.82) is 0 Å². The Kier molecular flexibility index (Phi) is 5.36. The van der Waals surface area contributed by atoms with E-state index < -0.39 is 0 Å². The van der Waals surface area contributed by atoms with Gasteiger partial charge in [-0.05, 0) is 65.3 Å². The molecule has 4 atom stereocenters. The maximum atomic E-state index is 12.9. The number of rotatable bonds is 7. The van der Waals surface area contributed by atoms with Crippen molar-refractivity contribution in [2.45, 2.75) is 20.0 Å². The van der Waals surface area contributed by atoms with Gasteiger partial charge in [0.25, 0.3) is 11.8 Å². The maximum absolute atomic E-state index is 12.9. The first kappa shape index (κ1) is 21.6. The van der Waals surface area contributed by atoms with Crippen LogP contribution in [0.4, 0.5) is 0 Å². The third kappa shape index (κ3) is 3.70. The van der Waals surface area contributed by atoms with Crippen LogP contribution in [0.2, 0.25) is 0 Å². The van der Waals surface area contributed by atoms with E-state index in [1.54, 1.807) is 6.21 Å². The Labute approximate surface area is 203 Å². The topological polar surface area (TPSA) is 68.2 Å². The van der Waals surface area contributed by atoms with Crippen molar-refractivity contribution >= 4 is 28.8 Å². The van der Waals surface area contributed by atoms with Gasteiger partial charge in [0.05, 0.1) is 24.7 Å². The highest BCUT2D eigenvalue weighted by Gasteiger charge is 2.59. The Hall–Kier alpha value is -3.93. The van der Waals surface area contributed by atoms with Crippen LogP contribution < -0.4 is 9.47 Å². The van der Waals surface area contributed by atoms with Gasteiger partial charge in [0.1, 0.15) is 6.61 Å². The van der Waals surface area contributed by atoms with Gasteiger partial charge in [-0.2, -0.15) is 10.1 Å². The van der Waals surface area contributed by atoms with E-state index in [-0.39, 0.29) is 35.5 Å². The van der Waals surface area contributed by atoms with E-state index in [1.807, 2.05) is 43.3 Å². The van der Waals surface area contributed by atoms with Crippen LogP contribution in [0.25, 0.3) is 10.8 Å². The van der Waals surface area contributed by atoms with Crippen molar-refractivity contribution < 1.29 is 19.1 Å². The molecule has 1 heterocycles. The molecule has 3 aliphatic rings. The minimum absolute atomic E-state index is 0.171. The van der Waals surface area contributed by atoms with E-state index in [0.717, 1.165) is 27.9 Å². The minimum atomic E-state index is -0.251. The Morgan fingerprint density at radius 1 is 0.914 bits per heavy atom. The number of ether oxygens (including phenoxy) is 2. The summed E-state index contributed by atoms with van der Waals surface area (Å²) < 4.78 is 12.0. The molecule has 1 saturated heterocycles. The Morgan fingerprint density at radius 2 is 1.66 bits per heavy atom. The number of imide groups is 1.